The zero-order valence-corrected chi connectivity index (χ0v) is 12.1. The number of anilines is 3. The van der Waals surface area contributed by atoms with Gasteiger partial charge in [0.15, 0.2) is 5.82 Å². The van der Waals surface area contributed by atoms with E-state index in [0.29, 0.717) is 5.82 Å². The van der Waals surface area contributed by atoms with Gasteiger partial charge in [0, 0.05) is 32.2 Å². The van der Waals surface area contributed by atoms with Crippen molar-refractivity contribution in [3.63, 3.8) is 0 Å². The number of nitrogens with zero attached hydrogens (tertiary/aromatic N) is 5. The van der Waals surface area contributed by atoms with E-state index in [9.17, 15) is 8.78 Å². The minimum Gasteiger partial charge on any atom is -0.353 e. The van der Waals surface area contributed by atoms with Crippen molar-refractivity contribution in [2.75, 3.05) is 43.4 Å². The molecule has 1 aliphatic rings. The standard InChI is InChI=1S/C14H16F2N6/c1-21-4-6-22(7-5-21)13-9-17-20-14(19-13)18-12-3-2-10(15)8-11(12)16/h2-3,8-9H,4-7H2,1H3,(H,18,19,20). The minimum atomic E-state index is -0.700. The number of likely N-dealkylation sites (N-methyl/N-ethyl adjacent to an activating group) is 1. The highest BCUT2D eigenvalue weighted by atomic mass is 19.1. The van der Waals surface area contributed by atoms with Gasteiger partial charge < -0.3 is 15.1 Å². The number of hydrogen-bond acceptors (Lipinski definition) is 6. The number of halogens is 2. The van der Waals surface area contributed by atoms with Crippen LogP contribution in [-0.2, 0) is 0 Å². The largest absolute Gasteiger partial charge is 0.353 e. The first kappa shape index (κ1) is 14.6. The summed E-state index contributed by atoms with van der Waals surface area (Å²) >= 11 is 0. The Labute approximate surface area is 126 Å². The quantitative estimate of drug-likeness (QED) is 0.930. The maximum atomic E-state index is 13.6. The van der Waals surface area contributed by atoms with E-state index in [1.165, 1.54) is 12.1 Å². The van der Waals surface area contributed by atoms with Gasteiger partial charge in [0.2, 0.25) is 5.95 Å². The van der Waals surface area contributed by atoms with E-state index >= 15 is 0 Å². The van der Waals surface area contributed by atoms with Crippen molar-refractivity contribution < 1.29 is 8.78 Å². The van der Waals surface area contributed by atoms with Gasteiger partial charge in [-0.25, -0.2) is 8.78 Å². The number of nitrogens with one attached hydrogen (secondary N) is 1. The number of piperazine rings is 1. The molecule has 0 bridgehead atoms. The molecule has 0 atom stereocenters. The van der Waals surface area contributed by atoms with Crippen molar-refractivity contribution in [3.05, 3.63) is 36.0 Å². The minimum absolute atomic E-state index is 0.110. The fraction of sp³-hybridized carbons (Fsp3) is 0.357. The van der Waals surface area contributed by atoms with Crippen LogP contribution in [0.3, 0.4) is 0 Å². The summed E-state index contributed by atoms with van der Waals surface area (Å²) in [6, 6.07) is 3.28. The van der Waals surface area contributed by atoms with Gasteiger partial charge >= 0.3 is 0 Å². The maximum absolute atomic E-state index is 13.6. The molecular formula is C14H16F2N6. The summed E-state index contributed by atoms with van der Waals surface area (Å²) in [6.07, 6.45) is 1.58. The number of benzene rings is 1. The first-order chi connectivity index (χ1) is 10.6. The summed E-state index contributed by atoms with van der Waals surface area (Å²) in [5, 5.41) is 10.5. The van der Waals surface area contributed by atoms with Gasteiger partial charge in [-0.3, -0.25) is 0 Å². The lowest BCUT2D eigenvalue weighted by Crippen LogP contribution is -2.44. The highest BCUT2D eigenvalue weighted by Gasteiger charge is 2.16. The number of rotatable bonds is 3. The topological polar surface area (TPSA) is 57.2 Å². The van der Waals surface area contributed by atoms with Gasteiger partial charge in [-0.05, 0) is 19.2 Å². The van der Waals surface area contributed by atoms with Crippen LogP contribution in [0.2, 0.25) is 0 Å². The van der Waals surface area contributed by atoms with Crippen LogP contribution < -0.4 is 10.2 Å². The molecule has 0 spiro atoms. The third kappa shape index (κ3) is 3.28. The van der Waals surface area contributed by atoms with Crippen molar-refractivity contribution in [1.82, 2.24) is 20.1 Å². The van der Waals surface area contributed by atoms with Crippen LogP contribution in [0.25, 0.3) is 0 Å². The van der Waals surface area contributed by atoms with Gasteiger partial charge in [-0.1, -0.05) is 0 Å². The first-order valence-corrected chi connectivity index (χ1v) is 6.97. The average molecular weight is 306 g/mol. The van der Waals surface area contributed by atoms with Gasteiger partial charge in [-0.2, -0.15) is 10.1 Å². The third-order valence-corrected chi connectivity index (χ3v) is 3.55. The van der Waals surface area contributed by atoms with Crippen LogP contribution in [0.15, 0.2) is 24.4 Å². The molecule has 1 saturated heterocycles. The van der Waals surface area contributed by atoms with Crippen molar-refractivity contribution in [2.24, 2.45) is 0 Å². The Morgan fingerprint density at radius 2 is 1.91 bits per heavy atom. The lowest BCUT2D eigenvalue weighted by atomic mass is 10.3. The summed E-state index contributed by atoms with van der Waals surface area (Å²) in [4.78, 5) is 8.67. The van der Waals surface area contributed by atoms with E-state index in [1.54, 1.807) is 6.20 Å². The monoisotopic (exact) mass is 306 g/mol. The van der Waals surface area contributed by atoms with Gasteiger partial charge in [0.1, 0.15) is 11.6 Å². The molecule has 0 radical (unpaired) electrons. The third-order valence-electron chi connectivity index (χ3n) is 3.55. The molecule has 2 aromatic rings. The van der Waals surface area contributed by atoms with Gasteiger partial charge in [0.25, 0.3) is 0 Å². The molecule has 0 aliphatic carbocycles. The summed E-state index contributed by atoms with van der Waals surface area (Å²) in [5.74, 6) is -0.461. The predicted molar refractivity (Wildman–Crippen MR) is 79.2 cm³/mol. The highest BCUT2D eigenvalue weighted by molar-refractivity contribution is 5.55. The predicted octanol–water partition coefficient (Wildman–Crippen LogP) is 1.65. The summed E-state index contributed by atoms with van der Waals surface area (Å²) < 4.78 is 26.5. The fourth-order valence-corrected chi connectivity index (χ4v) is 2.25. The lowest BCUT2D eigenvalue weighted by molar-refractivity contribution is 0.312. The normalized spacial score (nSPS) is 15.9. The van der Waals surface area contributed by atoms with Crippen molar-refractivity contribution in [3.8, 4) is 0 Å². The molecule has 1 aliphatic heterocycles. The van der Waals surface area contributed by atoms with Crippen LogP contribution in [0.4, 0.5) is 26.2 Å². The van der Waals surface area contributed by atoms with E-state index in [4.69, 9.17) is 0 Å². The van der Waals surface area contributed by atoms with Gasteiger partial charge in [0.05, 0.1) is 11.9 Å². The fourth-order valence-electron chi connectivity index (χ4n) is 2.25. The molecule has 2 heterocycles. The molecule has 6 nitrogen and oxygen atoms in total. The Balaban J connectivity index is 1.76. The Morgan fingerprint density at radius 3 is 2.64 bits per heavy atom. The number of aromatic nitrogens is 3. The molecule has 22 heavy (non-hydrogen) atoms. The molecular weight excluding hydrogens is 290 g/mol. The average Bonchev–Trinajstić information content (AvgIpc) is 2.51. The van der Waals surface area contributed by atoms with Crippen LogP contribution in [0, 0.1) is 11.6 Å². The molecule has 3 rings (SSSR count). The van der Waals surface area contributed by atoms with Crippen molar-refractivity contribution >= 4 is 17.5 Å². The van der Waals surface area contributed by atoms with E-state index in [2.05, 4.69) is 37.3 Å². The second-order valence-corrected chi connectivity index (χ2v) is 5.18. The van der Waals surface area contributed by atoms with E-state index < -0.39 is 11.6 Å². The molecule has 1 aromatic carbocycles. The van der Waals surface area contributed by atoms with Crippen molar-refractivity contribution in [1.29, 1.82) is 0 Å². The summed E-state index contributed by atoms with van der Waals surface area (Å²) in [7, 11) is 2.07. The van der Waals surface area contributed by atoms with Crippen LogP contribution in [-0.4, -0.2) is 53.3 Å². The summed E-state index contributed by atoms with van der Waals surface area (Å²) in [6.45, 7) is 3.58. The Morgan fingerprint density at radius 1 is 1.14 bits per heavy atom. The van der Waals surface area contributed by atoms with Crippen LogP contribution >= 0.6 is 0 Å². The zero-order chi connectivity index (χ0) is 15.5. The second kappa shape index (κ2) is 6.18. The van der Waals surface area contributed by atoms with Gasteiger partial charge in [-0.15, -0.1) is 5.10 Å². The Bertz CT molecular complexity index is 658. The van der Waals surface area contributed by atoms with Crippen molar-refractivity contribution in [2.45, 2.75) is 0 Å². The van der Waals surface area contributed by atoms with E-state index in [0.717, 1.165) is 32.2 Å². The summed E-state index contributed by atoms with van der Waals surface area (Å²) in [5.41, 5.74) is 0.110. The number of hydrogen-bond donors (Lipinski definition) is 1. The molecule has 0 amide bonds. The maximum Gasteiger partial charge on any atom is 0.249 e. The molecule has 0 saturated carbocycles. The first-order valence-electron chi connectivity index (χ1n) is 6.97. The lowest BCUT2D eigenvalue weighted by Gasteiger charge is -2.32. The Kier molecular flexibility index (Phi) is 4.10. The zero-order valence-electron chi connectivity index (χ0n) is 12.1. The second-order valence-electron chi connectivity index (χ2n) is 5.18. The molecule has 8 heteroatoms. The Hall–Kier alpha value is -2.35. The molecule has 1 aromatic heterocycles. The SMILES string of the molecule is CN1CCN(c2cnnc(Nc3ccc(F)cc3F)n2)CC1. The molecule has 1 N–H and O–H groups in total. The molecule has 116 valence electrons. The van der Waals surface area contributed by atoms with Crippen LogP contribution in [0.5, 0.6) is 0 Å². The molecule has 0 unspecified atom stereocenters. The van der Waals surface area contributed by atoms with Crippen LogP contribution in [0.1, 0.15) is 0 Å². The highest BCUT2D eigenvalue weighted by Crippen LogP contribution is 2.19. The molecule has 1 fully saturated rings. The van der Waals surface area contributed by atoms with E-state index in [1.807, 2.05) is 0 Å². The smallest absolute Gasteiger partial charge is 0.249 e. The van der Waals surface area contributed by atoms with E-state index in [-0.39, 0.29) is 11.6 Å².